The van der Waals surface area contributed by atoms with Crippen molar-refractivity contribution in [2.45, 2.75) is 13.5 Å². The number of amides is 1. The van der Waals surface area contributed by atoms with Crippen molar-refractivity contribution in [1.82, 2.24) is 10.2 Å². The predicted molar refractivity (Wildman–Crippen MR) is 74.2 cm³/mol. The van der Waals surface area contributed by atoms with E-state index in [0.29, 0.717) is 18.1 Å². The van der Waals surface area contributed by atoms with Gasteiger partial charge in [-0.1, -0.05) is 33.6 Å². The Morgan fingerprint density at radius 1 is 1.53 bits per heavy atom. The molecule has 17 heavy (non-hydrogen) atoms. The van der Waals surface area contributed by atoms with Gasteiger partial charge in [0.1, 0.15) is 0 Å². The topological polar surface area (TPSA) is 32.3 Å². The van der Waals surface area contributed by atoms with Gasteiger partial charge in [-0.05, 0) is 24.6 Å². The maximum absolute atomic E-state index is 11.5. The quantitative estimate of drug-likeness (QED) is 0.905. The molecule has 0 saturated carbocycles. The number of carbonyl (C=O) groups is 1. The SMILES string of the molecule is CCN(C)C(=O)CNCc1ccc(Br)cc1Cl. The van der Waals surface area contributed by atoms with Crippen LogP contribution in [-0.4, -0.2) is 30.9 Å². The molecule has 0 aliphatic heterocycles. The summed E-state index contributed by atoms with van der Waals surface area (Å²) in [5, 5.41) is 3.78. The van der Waals surface area contributed by atoms with Crippen molar-refractivity contribution in [3.8, 4) is 0 Å². The second-order valence-electron chi connectivity index (χ2n) is 3.75. The second kappa shape index (κ2) is 6.99. The number of nitrogens with zero attached hydrogens (tertiary/aromatic N) is 1. The van der Waals surface area contributed by atoms with Crippen LogP contribution in [0, 0.1) is 0 Å². The van der Waals surface area contributed by atoms with Crippen LogP contribution in [0.5, 0.6) is 0 Å². The van der Waals surface area contributed by atoms with Gasteiger partial charge in [-0.2, -0.15) is 0 Å². The lowest BCUT2D eigenvalue weighted by molar-refractivity contribution is -0.128. The van der Waals surface area contributed by atoms with E-state index in [9.17, 15) is 4.79 Å². The van der Waals surface area contributed by atoms with E-state index < -0.39 is 0 Å². The Morgan fingerprint density at radius 3 is 2.82 bits per heavy atom. The molecule has 3 nitrogen and oxygen atoms in total. The van der Waals surface area contributed by atoms with Crippen LogP contribution < -0.4 is 5.32 Å². The summed E-state index contributed by atoms with van der Waals surface area (Å²) in [5.74, 6) is 0.0840. The fourth-order valence-electron chi connectivity index (χ4n) is 1.28. The summed E-state index contributed by atoms with van der Waals surface area (Å²) >= 11 is 9.42. The molecule has 1 aromatic carbocycles. The normalized spacial score (nSPS) is 10.4. The van der Waals surface area contributed by atoms with Gasteiger partial charge in [-0.15, -0.1) is 0 Å². The van der Waals surface area contributed by atoms with Crippen molar-refractivity contribution >= 4 is 33.4 Å². The Labute approximate surface area is 115 Å². The maximum atomic E-state index is 11.5. The molecule has 5 heteroatoms. The maximum Gasteiger partial charge on any atom is 0.236 e. The van der Waals surface area contributed by atoms with Crippen LogP contribution in [0.15, 0.2) is 22.7 Å². The van der Waals surface area contributed by atoms with Crippen LogP contribution >= 0.6 is 27.5 Å². The molecule has 1 N–H and O–H groups in total. The summed E-state index contributed by atoms with van der Waals surface area (Å²) in [6.07, 6.45) is 0. The fourth-order valence-corrected chi connectivity index (χ4v) is 2.02. The zero-order valence-electron chi connectivity index (χ0n) is 9.96. The zero-order chi connectivity index (χ0) is 12.8. The molecule has 0 bridgehead atoms. The van der Waals surface area contributed by atoms with E-state index in [4.69, 9.17) is 11.6 Å². The van der Waals surface area contributed by atoms with Gasteiger partial charge in [0.05, 0.1) is 6.54 Å². The van der Waals surface area contributed by atoms with E-state index in [-0.39, 0.29) is 5.91 Å². The molecule has 1 aromatic rings. The van der Waals surface area contributed by atoms with Crippen LogP contribution in [0.3, 0.4) is 0 Å². The Hall–Kier alpha value is -0.580. The Balaban J connectivity index is 2.43. The Morgan fingerprint density at radius 2 is 2.24 bits per heavy atom. The first kappa shape index (κ1) is 14.5. The minimum Gasteiger partial charge on any atom is -0.345 e. The van der Waals surface area contributed by atoms with Crippen LogP contribution in [0.2, 0.25) is 5.02 Å². The van der Waals surface area contributed by atoms with E-state index in [1.165, 1.54) is 0 Å². The van der Waals surface area contributed by atoms with Crippen LogP contribution in [0.25, 0.3) is 0 Å². The fraction of sp³-hybridized carbons (Fsp3) is 0.417. The van der Waals surface area contributed by atoms with Gasteiger partial charge < -0.3 is 10.2 Å². The summed E-state index contributed by atoms with van der Waals surface area (Å²) in [4.78, 5) is 13.2. The summed E-state index contributed by atoms with van der Waals surface area (Å²) in [6.45, 7) is 3.59. The van der Waals surface area contributed by atoms with Crippen molar-refractivity contribution < 1.29 is 4.79 Å². The number of carbonyl (C=O) groups excluding carboxylic acids is 1. The summed E-state index contributed by atoms with van der Waals surface area (Å²) < 4.78 is 0.952. The number of likely N-dealkylation sites (N-methyl/N-ethyl adjacent to an activating group) is 1. The third kappa shape index (κ3) is 4.66. The average Bonchev–Trinajstić information content (AvgIpc) is 2.30. The molecule has 0 saturated heterocycles. The Kier molecular flexibility index (Phi) is 5.95. The third-order valence-electron chi connectivity index (χ3n) is 2.51. The van der Waals surface area contributed by atoms with Gasteiger partial charge in [0.15, 0.2) is 0 Å². The number of halogens is 2. The summed E-state index contributed by atoms with van der Waals surface area (Å²) in [5.41, 5.74) is 0.988. The van der Waals surface area contributed by atoms with Gasteiger partial charge in [0, 0.05) is 29.6 Å². The van der Waals surface area contributed by atoms with E-state index >= 15 is 0 Å². The van der Waals surface area contributed by atoms with Gasteiger partial charge in [-0.3, -0.25) is 4.79 Å². The van der Waals surface area contributed by atoms with Crippen molar-refractivity contribution in [1.29, 1.82) is 0 Å². The molecular formula is C12H16BrClN2O. The molecule has 0 atom stereocenters. The van der Waals surface area contributed by atoms with E-state index in [1.807, 2.05) is 25.1 Å². The van der Waals surface area contributed by atoms with Gasteiger partial charge >= 0.3 is 0 Å². The molecule has 0 spiro atoms. The highest BCUT2D eigenvalue weighted by molar-refractivity contribution is 9.10. The zero-order valence-corrected chi connectivity index (χ0v) is 12.3. The molecule has 0 radical (unpaired) electrons. The van der Waals surface area contributed by atoms with E-state index in [2.05, 4.69) is 21.2 Å². The molecule has 94 valence electrons. The minimum absolute atomic E-state index is 0.0840. The number of benzene rings is 1. The highest BCUT2D eigenvalue weighted by atomic mass is 79.9. The van der Waals surface area contributed by atoms with Gasteiger partial charge in [0.25, 0.3) is 0 Å². The number of rotatable bonds is 5. The molecule has 1 amide bonds. The highest BCUT2D eigenvalue weighted by Gasteiger charge is 2.06. The second-order valence-corrected chi connectivity index (χ2v) is 5.07. The van der Waals surface area contributed by atoms with Crippen LogP contribution in [-0.2, 0) is 11.3 Å². The lowest BCUT2D eigenvalue weighted by atomic mass is 10.2. The monoisotopic (exact) mass is 318 g/mol. The molecular weight excluding hydrogens is 304 g/mol. The predicted octanol–water partition coefficient (Wildman–Crippen LogP) is 2.67. The van der Waals surface area contributed by atoms with E-state index in [1.54, 1.807) is 11.9 Å². The van der Waals surface area contributed by atoms with Crippen molar-refractivity contribution in [2.24, 2.45) is 0 Å². The van der Waals surface area contributed by atoms with Crippen molar-refractivity contribution in [2.75, 3.05) is 20.1 Å². The lowest BCUT2D eigenvalue weighted by Crippen LogP contribution is -2.35. The molecule has 1 rings (SSSR count). The molecule has 0 aromatic heterocycles. The van der Waals surface area contributed by atoms with E-state index in [0.717, 1.165) is 16.6 Å². The van der Waals surface area contributed by atoms with Crippen molar-refractivity contribution in [3.63, 3.8) is 0 Å². The smallest absolute Gasteiger partial charge is 0.236 e. The molecule has 0 fully saturated rings. The van der Waals surface area contributed by atoms with Gasteiger partial charge in [0.2, 0.25) is 5.91 Å². The largest absolute Gasteiger partial charge is 0.345 e. The average molecular weight is 320 g/mol. The lowest BCUT2D eigenvalue weighted by Gasteiger charge is -2.15. The number of hydrogen-bond donors (Lipinski definition) is 1. The molecule has 0 unspecified atom stereocenters. The third-order valence-corrected chi connectivity index (χ3v) is 3.35. The first-order valence-electron chi connectivity index (χ1n) is 5.43. The summed E-state index contributed by atoms with van der Waals surface area (Å²) in [7, 11) is 1.79. The standard InChI is InChI=1S/C12H16BrClN2O/c1-3-16(2)12(17)8-15-7-9-4-5-10(13)6-11(9)14/h4-6,15H,3,7-8H2,1-2H3. The van der Waals surface area contributed by atoms with Crippen LogP contribution in [0.1, 0.15) is 12.5 Å². The first-order valence-corrected chi connectivity index (χ1v) is 6.60. The molecule has 0 aliphatic rings. The highest BCUT2D eigenvalue weighted by Crippen LogP contribution is 2.20. The number of nitrogens with one attached hydrogen (secondary N) is 1. The minimum atomic E-state index is 0.0840. The summed E-state index contributed by atoms with van der Waals surface area (Å²) in [6, 6.07) is 5.72. The first-order chi connectivity index (χ1) is 8.04. The Bertz CT molecular complexity index is 398. The van der Waals surface area contributed by atoms with Gasteiger partial charge in [-0.25, -0.2) is 0 Å². The van der Waals surface area contributed by atoms with Crippen LogP contribution in [0.4, 0.5) is 0 Å². The molecule has 0 aliphatic carbocycles. The molecule has 0 heterocycles. The van der Waals surface area contributed by atoms with Crippen molar-refractivity contribution in [3.05, 3.63) is 33.3 Å². The number of hydrogen-bond acceptors (Lipinski definition) is 2.